The number of hydrogen-bond donors (Lipinski definition) is 0. The Morgan fingerprint density at radius 1 is 1.25 bits per heavy atom. The van der Waals surface area contributed by atoms with Gasteiger partial charge in [-0.2, -0.15) is 0 Å². The van der Waals surface area contributed by atoms with Crippen molar-refractivity contribution in [3.05, 3.63) is 39.2 Å². The third-order valence-electron chi connectivity index (χ3n) is 2.01. The molecule has 0 N–H and O–H groups in total. The van der Waals surface area contributed by atoms with E-state index in [9.17, 15) is 0 Å². The molecule has 1 aromatic heterocycles. The van der Waals surface area contributed by atoms with Crippen LogP contribution < -0.4 is 0 Å². The van der Waals surface area contributed by atoms with Crippen LogP contribution in [0.15, 0.2) is 37.8 Å². The third kappa shape index (κ3) is 2.67. The second kappa shape index (κ2) is 4.90. The highest BCUT2D eigenvalue weighted by atomic mass is 79.9. The van der Waals surface area contributed by atoms with E-state index in [1.54, 1.807) is 6.20 Å². The van der Waals surface area contributed by atoms with Crippen molar-refractivity contribution in [2.24, 2.45) is 0 Å². The number of nitrogens with zero attached hydrogens (tertiary/aromatic N) is 1. The van der Waals surface area contributed by atoms with Crippen LogP contribution in [0.3, 0.4) is 0 Å². The van der Waals surface area contributed by atoms with Crippen molar-refractivity contribution in [3.63, 3.8) is 0 Å². The Bertz CT molecular complexity index is 490. The van der Waals surface area contributed by atoms with Gasteiger partial charge in [0.25, 0.3) is 0 Å². The van der Waals surface area contributed by atoms with Crippen LogP contribution in [0, 0.1) is 0 Å². The molecule has 1 heterocycles. The largest absolute Gasteiger partial charge is 0.439 e. The summed E-state index contributed by atoms with van der Waals surface area (Å²) in [6, 6.07) is 5.90. The lowest BCUT2D eigenvalue weighted by molar-refractivity contribution is 0.508. The van der Waals surface area contributed by atoms with Crippen molar-refractivity contribution in [3.8, 4) is 11.3 Å². The van der Waals surface area contributed by atoms with Gasteiger partial charge in [0.1, 0.15) is 5.38 Å². The quantitative estimate of drug-likeness (QED) is 0.687. The summed E-state index contributed by atoms with van der Waals surface area (Å²) in [5.41, 5.74) is 0.956. The summed E-state index contributed by atoms with van der Waals surface area (Å²) in [5.74, 6) is 1.25. The van der Waals surface area contributed by atoms with E-state index < -0.39 is 0 Å². The minimum absolute atomic E-state index is 0.218. The zero-order valence-electron chi connectivity index (χ0n) is 8.38. The second-order valence-electron chi connectivity index (χ2n) is 3.34. The van der Waals surface area contributed by atoms with Crippen molar-refractivity contribution >= 4 is 43.5 Å². The van der Waals surface area contributed by atoms with Gasteiger partial charge in [0.2, 0.25) is 5.89 Å². The molecular weight excluding hydrogens is 357 g/mol. The molecule has 1 atom stereocenters. The molecule has 2 aromatic rings. The molecule has 2 nitrogen and oxygen atoms in total. The molecule has 2 rings (SSSR count). The van der Waals surface area contributed by atoms with Crippen LogP contribution in [0.2, 0.25) is 0 Å². The van der Waals surface area contributed by atoms with Gasteiger partial charge in [0, 0.05) is 14.5 Å². The molecule has 84 valence electrons. The molecular formula is C11H8Br2ClNO. The normalized spacial score (nSPS) is 12.8. The monoisotopic (exact) mass is 363 g/mol. The Hall–Kier alpha value is -0.320. The molecule has 1 unspecified atom stereocenters. The fraction of sp³-hybridized carbons (Fsp3) is 0.182. The van der Waals surface area contributed by atoms with Crippen molar-refractivity contribution in [2.45, 2.75) is 12.3 Å². The summed E-state index contributed by atoms with van der Waals surface area (Å²) >= 11 is 12.7. The van der Waals surface area contributed by atoms with E-state index in [4.69, 9.17) is 16.0 Å². The highest BCUT2D eigenvalue weighted by molar-refractivity contribution is 9.11. The van der Waals surface area contributed by atoms with E-state index in [1.165, 1.54) is 0 Å². The number of halogens is 3. The van der Waals surface area contributed by atoms with Gasteiger partial charge in [-0.15, -0.1) is 11.6 Å². The molecule has 0 aliphatic rings. The number of alkyl halides is 1. The van der Waals surface area contributed by atoms with E-state index in [-0.39, 0.29) is 5.38 Å². The SMILES string of the molecule is CC(Cl)c1ncc(-c2cc(Br)cc(Br)c2)o1. The average Bonchev–Trinajstić information content (AvgIpc) is 2.64. The molecule has 0 aliphatic carbocycles. The van der Waals surface area contributed by atoms with Crippen LogP contribution >= 0.6 is 43.5 Å². The summed E-state index contributed by atoms with van der Waals surface area (Å²) in [7, 11) is 0. The van der Waals surface area contributed by atoms with Crippen LogP contribution in [0.25, 0.3) is 11.3 Å². The smallest absolute Gasteiger partial charge is 0.212 e. The number of hydrogen-bond acceptors (Lipinski definition) is 2. The summed E-state index contributed by atoms with van der Waals surface area (Å²) < 4.78 is 7.52. The Balaban J connectivity index is 2.42. The first-order valence-corrected chi connectivity index (χ1v) is 6.65. The summed E-state index contributed by atoms with van der Waals surface area (Å²) in [5, 5.41) is -0.218. The fourth-order valence-corrected chi connectivity index (χ4v) is 2.70. The van der Waals surface area contributed by atoms with E-state index >= 15 is 0 Å². The van der Waals surface area contributed by atoms with Crippen molar-refractivity contribution in [1.29, 1.82) is 0 Å². The molecule has 5 heteroatoms. The molecule has 0 fully saturated rings. The molecule has 1 aromatic carbocycles. The maximum atomic E-state index is 5.89. The van der Waals surface area contributed by atoms with Gasteiger partial charge in [-0.25, -0.2) is 4.98 Å². The minimum Gasteiger partial charge on any atom is -0.439 e. The average molecular weight is 365 g/mol. The van der Waals surface area contributed by atoms with Gasteiger partial charge < -0.3 is 4.42 Å². The molecule has 16 heavy (non-hydrogen) atoms. The number of rotatable bonds is 2. The predicted octanol–water partition coefficient (Wildman–Crippen LogP) is 5.17. The Morgan fingerprint density at radius 2 is 1.88 bits per heavy atom. The molecule has 0 radical (unpaired) electrons. The van der Waals surface area contributed by atoms with Crippen molar-refractivity contribution in [2.75, 3.05) is 0 Å². The third-order valence-corrected chi connectivity index (χ3v) is 3.11. The van der Waals surface area contributed by atoms with Crippen LogP contribution in [0.1, 0.15) is 18.2 Å². The van der Waals surface area contributed by atoms with Gasteiger partial charge >= 0.3 is 0 Å². The molecule has 0 saturated carbocycles. The van der Waals surface area contributed by atoms with Gasteiger partial charge in [-0.05, 0) is 25.1 Å². The maximum Gasteiger partial charge on any atom is 0.212 e. The van der Waals surface area contributed by atoms with Crippen LogP contribution in [0.5, 0.6) is 0 Å². The van der Waals surface area contributed by atoms with Crippen LogP contribution in [0.4, 0.5) is 0 Å². The highest BCUT2D eigenvalue weighted by Crippen LogP contribution is 2.30. The van der Waals surface area contributed by atoms with Crippen molar-refractivity contribution < 1.29 is 4.42 Å². The maximum absolute atomic E-state index is 5.89. The first-order chi connectivity index (χ1) is 7.56. The van der Waals surface area contributed by atoms with E-state index in [2.05, 4.69) is 36.8 Å². The lowest BCUT2D eigenvalue weighted by Crippen LogP contribution is -1.80. The van der Waals surface area contributed by atoms with Crippen molar-refractivity contribution in [1.82, 2.24) is 4.98 Å². The van der Waals surface area contributed by atoms with Crippen LogP contribution in [-0.4, -0.2) is 4.98 Å². The van der Waals surface area contributed by atoms with E-state index in [0.717, 1.165) is 14.5 Å². The van der Waals surface area contributed by atoms with Crippen LogP contribution in [-0.2, 0) is 0 Å². The van der Waals surface area contributed by atoms with Gasteiger partial charge in [-0.3, -0.25) is 0 Å². The lowest BCUT2D eigenvalue weighted by atomic mass is 10.2. The fourth-order valence-electron chi connectivity index (χ4n) is 1.30. The number of oxazole rings is 1. The van der Waals surface area contributed by atoms with Gasteiger partial charge in [0.15, 0.2) is 5.76 Å². The first kappa shape index (κ1) is 12.1. The zero-order valence-corrected chi connectivity index (χ0v) is 12.3. The summed E-state index contributed by atoms with van der Waals surface area (Å²) in [6.07, 6.45) is 1.68. The predicted molar refractivity (Wildman–Crippen MR) is 71.6 cm³/mol. The standard InChI is InChI=1S/C11H8Br2ClNO/c1-6(14)11-15-5-10(16-11)7-2-8(12)4-9(13)3-7/h2-6H,1H3. The molecule has 0 bridgehead atoms. The number of benzene rings is 1. The second-order valence-corrected chi connectivity index (χ2v) is 5.82. The number of aromatic nitrogens is 1. The Morgan fingerprint density at radius 3 is 2.38 bits per heavy atom. The molecule has 0 aliphatic heterocycles. The topological polar surface area (TPSA) is 26.0 Å². The van der Waals surface area contributed by atoms with E-state index in [0.29, 0.717) is 11.7 Å². The zero-order chi connectivity index (χ0) is 11.7. The molecule has 0 amide bonds. The Kier molecular flexibility index (Phi) is 3.72. The lowest BCUT2D eigenvalue weighted by Gasteiger charge is -1.99. The first-order valence-electron chi connectivity index (χ1n) is 4.62. The van der Waals surface area contributed by atoms with E-state index in [1.807, 2.05) is 25.1 Å². The van der Waals surface area contributed by atoms with Gasteiger partial charge in [0.05, 0.1) is 6.20 Å². The van der Waals surface area contributed by atoms with Gasteiger partial charge in [-0.1, -0.05) is 31.9 Å². The minimum atomic E-state index is -0.218. The highest BCUT2D eigenvalue weighted by Gasteiger charge is 2.11. The Labute approximate surface area is 115 Å². The summed E-state index contributed by atoms with van der Waals surface area (Å²) in [4.78, 5) is 4.12. The summed E-state index contributed by atoms with van der Waals surface area (Å²) in [6.45, 7) is 1.83. The molecule has 0 saturated heterocycles. The molecule has 0 spiro atoms.